The number of primary amides is 3. The molecule has 13 unspecified atom stereocenters. The van der Waals surface area contributed by atoms with Crippen molar-refractivity contribution in [1.82, 2.24) is 101 Å². The molecule has 0 saturated carbocycles. The van der Waals surface area contributed by atoms with Crippen LogP contribution in [-0.4, -0.2) is 276 Å². The summed E-state index contributed by atoms with van der Waals surface area (Å²) in [5.41, 5.74) is 4.51. The number of nitrogens with one attached hydrogen (secondary N) is 18. The first-order chi connectivity index (χ1) is 62.0. The van der Waals surface area contributed by atoms with Crippen molar-refractivity contribution in [3.8, 4) is 0 Å². The first-order valence-corrected chi connectivity index (χ1v) is 45.0. The van der Waals surface area contributed by atoms with Crippen molar-refractivity contribution in [2.75, 3.05) is 19.8 Å². The van der Waals surface area contributed by atoms with E-state index < -0.39 is 280 Å². The smallest absolute Gasteiger partial charge is 0.248 e. The molecule has 46 nitrogen and oxygen atoms in total. The quantitative estimate of drug-likeness (QED) is 0.0290. The lowest BCUT2D eigenvalue weighted by Crippen LogP contribution is -2.67. The van der Waals surface area contributed by atoms with E-state index in [1.54, 1.807) is 71.9 Å². The number of nitrogens with zero attached hydrogens (tertiary/aromatic N) is 1. The number of hydrogen-bond acceptors (Lipinski definition) is 24. The van der Waals surface area contributed by atoms with Crippen LogP contribution in [-0.2, 0) is 112 Å². The third kappa shape index (κ3) is 38.8. The van der Waals surface area contributed by atoms with Gasteiger partial charge < -0.3 is 128 Å². The molecule has 1 saturated heterocycles. The fourth-order valence-corrected chi connectivity index (χ4v) is 13.6. The van der Waals surface area contributed by atoms with Gasteiger partial charge in [0, 0.05) is 32.7 Å². The summed E-state index contributed by atoms with van der Waals surface area (Å²) in [7, 11) is 0. The number of benzene rings is 1. The molecular weight excluding hydrogens is 1760 g/mol. The van der Waals surface area contributed by atoms with Crippen molar-refractivity contribution in [1.29, 1.82) is 0 Å². The average molecular weight is 1910 g/mol. The monoisotopic (exact) mass is 1910 g/mol. The number of carbonyl (C=O) groups is 22. The maximum Gasteiger partial charge on any atom is 0.248 e. The highest BCUT2D eigenvalue weighted by Gasteiger charge is 2.48. The van der Waals surface area contributed by atoms with Crippen molar-refractivity contribution < 1.29 is 116 Å². The number of aliphatic hydroxyl groups excluding tert-OH is 2. The van der Waals surface area contributed by atoms with E-state index in [1.165, 1.54) is 130 Å². The largest absolute Gasteiger partial charge is 0.394 e. The van der Waals surface area contributed by atoms with Crippen LogP contribution in [0.3, 0.4) is 0 Å². The van der Waals surface area contributed by atoms with Crippen LogP contribution in [0, 0.1) is 17.8 Å². The summed E-state index contributed by atoms with van der Waals surface area (Å²) in [6, 6.07) is -7.77. The second-order valence-corrected chi connectivity index (χ2v) is 38.9. The Morgan fingerprint density at radius 2 is 0.719 bits per heavy atom. The number of hydrogen-bond donors (Lipinski definition) is 23. The molecule has 26 N–H and O–H groups in total. The van der Waals surface area contributed by atoms with Crippen LogP contribution >= 0.6 is 0 Å². The summed E-state index contributed by atoms with van der Waals surface area (Å²) in [5.74, 6) is -20.6. The Kier molecular flexibility index (Phi) is 45.5. The molecule has 758 valence electrons. The lowest BCUT2D eigenvalue weighted by Gasteiger charge is -2.35. The Morgan fingerprint density at radius 3 is 1.15 bits per heavy atom. The molecule has 22 amide bonds. The van der Waals surface area contributed by atoms with Crippen molar-refractivity contribution in [3.63, 3.8) is 0 Å². The molecule has 0 spiro atoms. The standard InChI is InChI=1S/C89H148N22O24/c1-25-47(6)64(75(128)98-55(34-37-62(91)116)69(122)97-54(33-36-61(90)115)68(121)96-53(43-112)42-52-30-27-26-28-31-52)103-79(132)84(13,14)107-72(125)58(41-46(4)5)100-74(127)60-32-29-39-111(60)82(135)89(23,24)108-73(126)57(40-45(2)3)99-70(123)59(44-113)101-66(119)49(8)95-77(130)85(15,16)109-81(134)88(21,22)106-71(124)56(35-38-63(92)117)102-78(131)86(17,18)110-80(133)87(19,20)105-67(120)50(9)93-65(118)48(7)94-76(129)83(11,12)104-51(10)114/h26-28,30-31,45-50,53-60,64,112-113H,25,29,32-44H2,1-24H3,(H2,90,115)(H2,91,116)(H2,92,117)(H,93,118)(H,94,129)(H,95,130)(H,96,121)(H,97,122)(H,98,128)(H,99,123)(H,100,127)(H,101,119)(H,102,131)(H,103,132)(H,104,114)(H,105,120)(H,106,124)(H,107,125)(H,108,126)(H,109,134)(H,110,133). The first-order valence-electron chi connectivity index (χ1n) is 45.0. The zero-order valence-electron chi connectivity index (χ0n) is 82.2. The number of carbonyl (C=O) groups excluding carboxylic acids is 22. The number of rotatable bonds is 55. The van der Waals surface area contributed by atoms with Crippen LogP contribution in [0.4, 0.5) is 0 Å². The van der Waals surface area contributed by atoms with Gasteiger partial charge in [-0.05, 0) is 192 Å². The summed E-state index contributed by atoms with van der Waals surface area (Å²) in [6.07, 6.45) is -1.63. The molecule has 0 aromatic heterocycles. The third-order valence-electron chi connectivity index (χ3n) is 22.2. The van der Waals surface area contributed by atoms with Crippen LogP contribution in [0.5, 0.6) is 0 Å². The molecule has 1 heterocycles. The second-order valence-electron chi connectivity index (χ2n) is 38.9. The fraction of sp³-hybridized carbons (Fsp3) is 0.685. The zero-order valence-corrected chi connectivity index (χ0v) is 82.2. The molecule has 0 radical (unpaired) electrons. The van der Waals surface area contributed by atoms with Gasteiger partial charge in [-0.2, -0.15) is 0 Å². The van der Waals surface area contributed by atoms with Gasteiger partial charge in [-0.15, -0.1) is 0 Å². The topological polar surface area (TPSA) is 714 Å². The SMILES string of the molecule is CCC(C)C(NC(=O)C(C)(C)NC(=O)C(CC(C)C)NC(=O)C1CCCN1C(=O)C(C)(C)NC(=O)C(CC(C)C)NC(=O)C(CO)NC(=O)C(C)NC(=O)C(C)(C)NC(=O)C(C)(C)NC(=O)C(CCC(N)=O)NC(=O)C(C)(C)NC(=O)C(C)(C)NC(=O)C(C)NC(=O)C(C)NC(=O)C(C)(C)NC(C)=O)C(=O)NC(CCC(N)=O)C(=O)NC(CCC(N)=O)C(=O)NC(CO)Cc1ccccc1. The molecule has 13 atom stereocenters. The predicted octanol–water partition coefficient (Wildman–Crippen LogP) is -5.18. The average Bonchev–Trinajstić information content (AvgIpc) is 1.79. The highest BCUT2D eigenvalue weighted by atomic mass is 16.3. The number of amides is 22. The highest BCUT2D eigenvalue weighted by molar-refractivity contribution is 6.04. The summed E-state index contributed by atoms with van der Waals surface area (Å²) < 4.78 is 0. The summed E-state index contributed by atoms with van der Waals surface area (Å²) in [4.78, 5) is 300. The van der Waals surface area contributed by atoms with E-state index in [4.69, 9.17) is 17.2 Å². The van der Waals surface area contributed by atoms with E-state index in [0.717, 1.165) is 5.56 Å². The van der Waals surface area contributed by atoms with Crippen molar-refractivity contribution in [2.24, 2.45) is 35.0 Å². The van der Waals surface area contributed by atoms with Gasteiger partial charge in [-0.1, -0.05) is 78.3 Å². The Bertz CT molecular complexity index is 4460. The van der Waals surface area contributed by atoms with Gasteiger partial charge in [0.25, 0.3) is 0 Å². The van der Waals surface area contributed by atoms with Gasteiger partial charge in [-0.3, -0.25) is 105 Å². The van der Waals surface area contributed by atoms with Crippen molar-refractivity contribution >= 4 is 130 Å². The van der Waals surface area contributed by atoms with E-state index in [1.807, 2.05) is 0 Å². The van der Waals surface area contributed by atoms with Crippen LogP contribution in [0.15, 0.2) is 30.3 Å². The molecule has 0 bridgehead atoms. The van der Waals surface area contributed by atoms with E-state index in [2.05, 4.69) is 95.7 Å². The minimum Gasteiger partial charge on any atom is -0.394 e. The van der Waals surface area contributed by atoms with Gasteiger partial charge >= 0.3 is 0 Å². The third-order valence-corrected chi connectivity index (χ3v) is 22.2. The van der Waals surface area contributed by atoms with E-state index in [9.17, 15) is 116 Å². The molecule has 1 aliphatic heterocycles. The number of nitrogens with two attached hydrogens (primary N) is 3. The Hall–Kier alpha value is -12.5. The van der Waals surface area contributed by atoms with E-state index >= 15 is 0 Å². The van der Waals surface area contributed by atoms with Crippen molar-refractivity contribution in [3.05, 3.63) is 35.9 Å². The number of likely N-dealkylation sites (tertiary alicyclic amines) is 1. The van der Waals surface area contributed by atoms with Crippen molar-refractivity contribution in [2.45, 2.75) is 354 Å². The van der Waals surface area contributed by atoms with Gasteiger partial charge in [0.1, 0.15) is 105 Å². The molecule has 0 aliphatic carbocycles. The predicted molar refractivity (Wildman–Crippen MR) is 492 cm³/mol. The van der Waals surface area contributed by atoms with Crippen LogP contribution in [0.2, 0.25) is 0 Å². The van der Waals surface area contributed by atoms with E-state index in [0.29, 0.717) is 0 Å². The summed E-state index contributed by atoms with van der Waals surface area (Å²) in [5, 5.41) is 66.0. The van der Waals surface area contributed by atoms with Crippen LogP contribution in [0.1, 0.15) is 242 Å². The zero-order chi connectivity index (χ0) is 104. The fourth-order valence-electron chi connectivity index (χ4n) is 13.6. The molecular formula is C89H148N22O24. The molecule has 1 aromatic rings. The molecule has 1 fully saturated rings. The highest BCUT2D eigenvalue weighted by Crippen LogP contribution is 2.25. The molecule has 135 heavy (non-hydrogen) atoms. The minimum absolute atomic E-state index is 0.00359. The number of aliphatic hydroxyl groups is 2. The minimum atomic E-state index is -1.94. The molecule has 46 heteroatoms. The van der Waals surface area contributed by atoms with Gasteiger partial charge in [0.2, 0.25) is 130 Å². The Balaban J connectivity index is 2.24. The summed E-state index contributed by atoms with van der Waals surface area (Å²) >= 11 is 0. The maximum atomic E-state index is 14.7. The molecule has 2 rings (SSSR count). The lowest BCUT2D eigenvalue weighted by atomic mass is 9.95. The van der Waals surface area contributed by atoms with Gasteiger partial charge in [0.05, 0.1) is 19.3 Å². The van der Waals surface area contributed by atoms with Crippen LogP contribution in [0.25, 0.3) is 0 Å². The Labute approximate surface area is 788 Å². The van der Waals surface area contributed by atoms with E-state index in [-0.39, 0.29) is 76.2 Å². The van der Waals surface area contributed by atoms with Crippen LogP contribution < -0.4 is 113 Å². The maximum absolute atomic E-state index is 14.7. The summed E-state index contributed by atoms with van der Waals surface area (Å²) in [6.45, 7) is 32.0. The second kappa shape index (κ2) is 51.8. The normalized spacial score (nSPS) is 15.7. The first kappa shape index (κ1) is 119. The molecule has 1 aromatic carbocycles. The van der Waals surface area contributed by atoms with Gasteiger partial charge in [0.15, 0.2) is 0 Å². The lowest BCUT2D eigenvalue weighted by molar-refractivity contribution is -0.145. The Morgan fingerprint density at radius 1 is 0.370 bits per heavy atom. The van der Waals surface area contributed by atoms with Gasteiger partial charge in [-0.25, -0.2) is 0 Å². The molecule has 1 aliphatic rings.